The van der Waals surface area contributed by atoms with Gasteiger partial charge < -0.3 is 4.90 Å². The third-order valence-corrected chi connectivity index (χ3v) is 6.81. The Hall–Kier alpha value is -2.18. The fourth-order valence-corrected chi connectivity index (χ4v) is 5.10. The molecule has 1 fully saturated rings. The van der Waals surface area contributed by atoms with Gasteiger partial charge in [-0.1, -0.05) is 43.3 Å². The molecule has 1 amide bonds. The van der Waals surface area contributed by atoms with Crippen molar-refractivity contribution in [3.8, 4) is 0 Å². The second-order valence-electron chi connectivity index (χ2n) is 7.29. The number of benzene rings is 2. The quantitative estimate of drug-likeness (QED) is 0.792. The summed E-state index contributed by atoms with van der Waals surface area (Å²) in [5.41, 5.74) is 1.42. The summed E-state index contributed by atoms with van der Waals surface area (Å²) >= 11 is 0. The second-order valence-corrected chi connectivity index (χ2v) is 9.22. The SMILES string of the molecule is CC1CCCN(S(=O)(=O)c2cccc(C(=O)N(C)Cc3ccccc3)c2)C1. The van der Waals surface area contributed by atoms with Gasteiger partial charge in [-0.3, -0.25) is 4.79 Å². The highest BCUT2D eigenvalue weighted by atomic mass is 32.2. The van der Waals surface area contributed by atoms with Crippen molar-refractivity contribution in [2.45, 2.75) is 31.2 Å². The van der Waals surface area contributed by atoms with Crippen LogP contribution in [0.25, 0.3) is 0 Å². The van der Waals surface area contributed by atoms with Gasteiger partial charge in [-0.2, -0.15) is 4.31 Å². The van der Waals surface area contributed by atoms with E-state index in [1.165, 1.54) is 6.07 Å². The summed E-state index contributed by atoms with van der Waals surface area (Å²) in [6, 6.07) is 16.1. The Kier molecular flexibility index (Phi) is 5.97. The molecule has 0 spiro atoms. The minimum Gasteiger partial charge on any atom is -0.337 e. The van der Waals surface area contributed by atoms with E-state index in [4.69, 9.17) is 0 Å². The molecule has 5 nitrogen and oxygen atoms in total. The number of hydrogen-bond acceptors (Lipinski definition) is 3. The summed E-state index contributed by atoms with van der Waals surface area (Å²) in [5.74, 6) is 0.165. The molecule has 0 saturated carbocycles. The lowest BCUT2D eigenvalue weighted by Crippen LogP contribution is -2.39. The second kappa shape index (κ2) is 8.23. The molecule has 144 valence electrons. The molecule has 1 heterocycles. The maximum Gasteiger partial charge on any atom is 0.253 e. The molecule has 1 saturated heterocycles. The molecule has 2 aromatic carbocycles. The minimum absolute atomic E-state index is 0.190. The van der Waals surface area contributed by atoms with Crippen molar-refractivity contribution in [1.29, 1.82) is 0 Å². The molecule has 1 aliphatic heterocycles. The Balaban J connectivity index is 1.79. The first kappa shape index (κ1) is 19.6. The fraction of sp³-hybridized carbons (Fsp3) is 0.381. The van der Waals surface area contributed by atoms with Gasteiger partial charge in [0.1, 0.15) is 0 Å². The van der Waals surface area contributed by atoms with E-state index in [-0.39, 0.29) is 10.8 Å². The molecule has 6 heteroatoms. The van der Waals surface area contributed by atoms with Crippen LogP contribution in [-0.4, -0.2) is 43.7 Å². The molecule has 1 atom stereocenters. The monoisotopic (exact) mass is 386 g/mol. The topological polar surface area (TPSA) is 57.7 Å². The van der Waals surface area contributed by atoms with Crippen molar-refractivity contribution in [2.24, 2.45) is 5.92 Å². The zero-order valence-electron chi connectivity index (χ0n) is 15.8. The Morgan fingerprint density at radius 3 is 2.59 bits per heavy atom. The van der Waals surface area contributed by atoms with Crippen LogP contribution in [0.4, 0.5) is 0 Å². The van der Waals surface area contributed by atoms with Gasteiger partial charge in [-0.05, 0) is 42.5 Å². The lowest BCUT2D eigenvalue weighted by atomic mass is 10.0. The number of nitrogens with zero attached hydrogens (tertiary/aromatic N) is 2. The highest BCUT2D eigenvalue weighted by molar-refractivity contribution is 7.89. The minimum atomic E-state index is -3.57. The summed E-state index contributed by atoms with van der Waals surface area (Å²) < 4.78 is 27.5. The van der Waals surface area contributed by atoms with Crippen LogP contribution in [0, 0.1) is 5.92 Å². The van der Waals surface area contributed by atoms with E-state index in [2.05, 4.69) is 6.92 Å². The van der Waals surface area contributed by atoms with Gasteiger partial charge in [-0.25, -0.2) is 8.42 Å². The first-order valence-electron chi connectivity index (χ1n) is 9.27. The van der Waals surface area contributed by atoms with Crippen molar-refractivity contribution >= 4 is 15.9 Å². The standard InChI is InChI=1S/C21H26N2O3S/c1-17-8-7-13-23(15-17)27(25,26)20-12-6-11-19(14-20)21(24)22(2)16-18-9-4-3-5-10-18/h3-6,9-12,14,17H,7-8,13,15-16H2,1-2H3. The van der Waals surface area contributed by atoms with Crippen LogP contribution in [0.2, 0.25) is 0 Å². The zero-order chi connectivity index (χ0) is 19.4. The summed E-state index contributed by atoms with van der Waals surface area (Å²) in [7, 11) is -1.85. The van der Waals surface area contributed by atoms with Crippen LogP contribution in [-0.2, 0) is 16.6 Å². The molecule has 2 aromatic rings. The van der Waals surface area contributed by atoms with Gasteiger partial charge in [0.2, 0.25) is 10.0 Å². The highest BCUT2D eigenvalue weighted by Crippen LogP contribution is 2.24. The maximum absolute atomic E-state index is 13.0. The molecule has 0 radical (unpaired) electrons. The number of sulfonamides is 1. The molecule has 1 unspecified atom stereocenters. The van der Waals surface area contributed by atoms with Crippen LogP contribution < -0.4 is 0 Å². The molecular weight excluding hydrogens is 360 g/mol. The molecule has 1 aliphatic rings. The summed E-state index contributed by atoms with van der Waals surface area (Å²) in [5, 5.41) is 0. The van der Waals surface area contributed by atoms with E-state index < -0.39 is 10.0 Å². The van der Waals surface area contributed by atoms with E-state index in [1.54, 1.807) is 34.5 Å². The normalized spacial score (nSPS) is 18.2. The molecular formula is C21H26N2O3S. The van der Waals surface area contributed by atoms with Crippen LogP contribution >= 0.6 is 0 Å². The van der Waals surface area contributed by atoms with Gasteiger partial charge in [0.15, 0.2) is 0 Å². The van der Waals surface area contributed by atoms with Crippen molar-refractivity contribution < 1.29 is 13.2 Å². The molecule has 3 rings (SSSR count). The zero-order valence-corrected chi connectivity index (χ0v) is 16.7. The van der Waals surface area contributed by atoms with Crippen LogP contribution in [0.3, 0.4) is 0 Å². The average molecular weight is 387 g/mol. The Morgan fingerprint density at radius 1 is 1.15 bits per heavy atom. The van der Waals surface area contributed by atoms with E-state index in [0.717, 1.165) is 18.4 Å². The van der Waals surface area contributed by atoms with E-state index in [9.17, 15) is 13.2 Å². The number of carbonyl (C=O) groups excluding carboxylic acids is 1. The number of piperidine rings is 1. The van der Waals surface area contributed by atoms with Crippen molar-refractivity contribution in [3.63, 3.8) is 0 Å². The van der Waals surface area contributed by atoms with Crippen LogP contribution in [0.5, 0.6) is 0 Å². The molecule has 0 bridgehead atoms. The van der Waals surface area contributed by atoms with Gasteiger partial charge in [-0.15, -0.1) is 0 Å². The third kappa shape index (κ3) is 4.57. The highest BCUT2D eigenvalue weighted by Gasteiger charge is 2.29. The number of amides is 1. The fourth-order valence-electron chi connectivity index (χ4n) is 3.45. The Labute approximate surface area is 161 Å². The summed E-state index contributed by atoms with van der Waals surface area (Å²) in [6.07, 6.45) is 1.92. The molecule has 27 heavy (non-hydrogen) atoms. The Bertz CT molecular complexity index is 897. The van der Waals surface area contributed by atoms with Gasteiger partial charge in [0.05, 0.1) is 4.90 Å². The molecule has 0 aromatic heterocycles. The predicted molar refractivity (Wildman–Crippen MR) is 106 cm³/mol. The van der Waals surface area contributed by atoms with Crippen LogP contribution in [0.1, 0.15) is 35.7 Å². The van der Waals surface area contributed by atoms with Crippen molar-refractivity contribution in [2.75, 3.05) is 20.1 Å². The first-order valence-corrected chi connectivity index (χ1v) is 10.7. The summed E-state index contributed by atoms with van der Waals surface area (Å²) in [6.45, 7) is 3.62. The number of rotatable bonds is 5. The third-order valence-electron chi connectivity index (χ3n) is 4.95. The van der Waals surface area contributed by atoms with E-state index >= 15 is 0 Å². The molecule has 0 N–H and O–H groups in total. The lowest BCUT2D eigenvalue weighted by Gasteiger charge is -2.30. The summed E-state index contributed by atoms with van der Waals surface area (Å²) in [4.78, 5) is 14.6. The first-order chi connectivity index (χ1) is 12.9. The van der Waals surface area contributed by atoms with Crippen molar-refractivity contribution in [1.82, 2.24) is 9.21 Å². The van der Waals surface area contributed by atoms with Crippen molar-refractivity contribution in [3.05, 3.63) is 65.7 Å². The predicted octanol–water partition coefficient (Wildman–Crippen LogP) is 3.38. The Morgan fingerprint density at radius 2 is 1.89 bits per heavy atom. The van der Waals surface area contributed by atoms with Crippen LogP contribution in [0.15, 0.2) is 59.5 Å². The maximum atomic E-state index is 13.0. The largest absolute Gasteiger partial charge is 0.337 e. The molecule has 0 aliphatic carbocycles. The van der Waals surface area contributed by atoms with Gasteiger partial charge in [0.25, 0.3) is 5.91 Å². The number of hydrogen-bond donors (Lipinski definition) is 0. The average Bonchev–Trinajstić information content (AvgIpc) is 2.68. The van der Waals surface area contributed by atoms with E-state index in [1.807, 2.05) is 30.3 Å². The van der Waals surface area contributed by atoms with Gasteiger partial charge >= 0.3 is 0 Å². The smallest absolute Gasteiger partial charge is 0.253 e. The lowest BCUT2D eigenvalue weighted by molar-refractivity contribution is 0.0785. The van der Waals surface area contributed by atoms with E-state index in [0.29, 0.717) is 31.1 Å². The number of carbonyl (C=O) groups is 1. The van der Waals surface area contributed by atoms with Gasteiger partial charge in [0, 0.05) is 32.2 Å².